The second-order valence-electron chi connectivity index (χ2n) is 7.31. The first-order chi connectivity index (χ1) is 13.3. The number of rotatable bonds is 5. The molecule has 8 nitrogen and oxygen atoms in total. The highest BCUT2D eigenvalue weighted by Crippen LogP contribution is 2.38. The fraction of sp³-hybridized carbons (Fsp3) is 0.474. The van der Waals surface area contributed by atoms with Crippen molar-refractivity contribution in [2.45, 2.75) is 37.4 Å². The van der Waals surface area contributed by atoms with Gasteiger partial charge in [0.2, 0.25) is 10.0 Å². The molecule has 0 radical (unpaired) electrons. The lowest BCUT2D eigenvalue weighted by Crippen LogP contribution is -2.40. The molecule has 2 aliphatic rings. The van der Waals surface area contributed by atoms with Crippen LogP contribution in [-0.4, -0.2) is 61.0 Å². The Balaban J connectivity index is 1.63. The van der Waals surface area contributed by atoms with Gasteiger partial charge in [-0.15, -0.1) is 0 Å². The second kappa shape index (κ2) is 6.98. The van der Waals surface area contributed by atoms with E-state index in [4.69, 9.17) is 9.26 Å². The minimum atomic E-state index is -3.76. The topological polar surface area (TPSA) is 93.0 Å². The highest BCUT2D eigenvalue weighted by Gasteiger charge is 2.55. The van der Waals surface area contributed by atoms with Gasteiger partial charge in [0.25, 0.3) is 5.91 Å². The molecule has 150 valence electrons. The quantitative estimate of drug-likeness (QED) is 0.745. The third-order valence-electron chi connectivity index (χ3n) is 5.63. The van der Waals surface area contributed by atoms with Gasteiger partial charge in [-0.3, -0.25) is 4.79 Å². The zero-order valence-electron chi connectivity index (χ0n) is 16.0. The van der Waals surface area contributed by atoms with Crippen molar-refractivity contribution in [3.8, 4) is 0 Å². The molecule has 2 fully saturated rings. The molecule has 4 rings (SSSR count). The molecule has 3 atom stereocenters. The van der Waals surface area contributed by atoms with E-state index >= 15 is 0 Å². The van der Waals surface area contributed by atoms with E-state index in [1.165, 1.54) is 11.4 Å². The number of aromatic nitrogens is 1. The van der Waals surface area contributed by atoms with Crippen molar-refractivity contribution in [3.05, 3.63) is 47.3 Å². The molecule has 9 heteroatoms. The Morgan fingerprint density at radius 1 is 1.21 bits per heavy atom. The number of carbonyl (C=O) groups excluding carboxylic acids is 1. The van der Waals surface area contributed by atoms with E-state index < -0.39 is 16.1 Å². The molecule has 0 bridgehead atoms. The number of ether oxygens (including phenoxy) is 1. The molecule has 2 aliphatic heterocycles. The summed E-state index contributed by atoms with van der Waals surface area (Å²) in [5.74, 6) is -0.0257. The van der Waals surface area contributed by atoms with Gasteiger partial charge in [0.15, 0.2) is 5.76 Å². The number of carbonyl (C=O) groups is 1. The molecular formula is C19H23N3O5S. The van der Waals surface area contributed by atoms with Gasteiger partial charge in [-0.2, -0.15) is 4.31 Å². The SMILES string of the molecule is CO[C@@H]1C(=O)N(Cc2ccccc2)[C@@H]2CN(S(=O)(=O)c3c(C)noc3C)C[C@H]12. The molecule has 1 amide bonds. The van der Waals surface area contributed by atoms with Gasteiger partial charge in [0, 0.05) is 32.7 Å². The Morgan fingerprint density at radius 3 is 2.54 bits per heavy atom. The van der Waals surface area contributed by atoms with Crippen molar-refractivity contribution in [2.24, 2.45) is 5.92 Å². The summed E-state index contributed by atoms with van der Waals surface area (Å²) in [7, 11) is -2.26. The number of aryl methyl sites for hydroxylation is 2. The molecule has 2 saturated heterocycles. The van der Waals surface area contributed by atoms with E-state index in [0.717, 1.165) is 5.56 Å². The molecular weight excluding hydrogens is 382 g/mol. The Hall–Kier alpha value is -2.23. The van der Waals surface area contributed by atoms with Crippen LogP contribution in [0.5, 0.6) is 0 Å². The van der Waals surface area contributed by atoms with Gasteiger partial charge in [-0.1, -0.05) is 35.5 Å². The Kier molecular flexibility index (Phi) is 4.76. The highest BCUT2D eigenvalue weighted by atomic mass is 32.2. The summed E-state index contributed by atoms with van der Waals surface area (Å²) < 4.78 is 38.3. The van der Waals surface area contributed by atoms with Gasteiger partial charge in [0.05, 0.1) is 6.04 Å². The molecule has 3 heterocycles. The van der Waals surface area contributed by atoms with E-state index in [9.17, 15) is 13.2 Å². The van der Waals surface area contributed by atoms with Crippen molar-refractivity contribution in [2.75, 3.05) is 20.2 Å². The van der Waals surface area contributed by atoms with E-state index in [0.29, 0.717) is 12.2 Å². The van der Waals surface area contributed by atoms with E-state index in [-0.39, 0.29) is 41.6 Å². The van der Waals surface area contributed by atoms with E-state index in [1.807, 2.05) is 30.3 Å². The van der Waals surface area contributed by atoms with Gasteiger partial charge in [-0.05, 0) is 19.4 Å². The normalized spacial score (nSPS) is 25.5. The minimum absolute atomic E-state index is 0.0873. The second-order valence-corrected chi connectivity index (χ2v) is 9.19. The molecule has 0 spiro atoms. The van der Waals surface area contributed by atoms with Gasteiger partial charge < -0.3 is 14.2 Å². The van der Waals surface area contributed by atoms with Gasteiger partial charge in [0.1, 0.15) is 16.7 Å². The Bertz CT molecular complexity index is 969. The number of fused-ring (bicyclic) bond motifs is 1. The standard InChI is InChI=1S/C19H23N3O5S/c1-12-18(13(2)27-20-12)28(24,25)21-10-15-16(11-21)22(19(23)17(15)26-3)9-14-7-5-4-6-8-14/h4-8,15-17H,9-11H2,1-3H3/t15-,16+,17-/m0/s1. The Labute approximate surface area is 164 Å². The fourth-order valence-electron chi connectivity index (χ4n) is 4.33. The van der Waals surface area contributed by atoms with Crippen LogP contribution in [-0.2, 0) is 26.1 Å². The maximum absolute atomic E-state index is 13.2. The monoisotopic (exact) mass is 405 g/mol. The number of benzene rings is 1. The van der Waals surface area contributed by atoms with E-state index in [2.05, 4.69) is 5.16 Å². The number of sulfonamides is 1. The summed E-state index contributed by atoms with van der Waals surface area (Å²) in [4.78, 5) is 14.7. The van der Waals surface area contributed by atoms with Gasteiger partial charge >= 0.3 is 0 Å². The summed E-state index contributed by atoms with van der Waals surface area (Å²) >= 11 is 0. The third-order valence-corrected chi connectivity index (χ3v) is 7.71. The molecule has 0 saturated carbocycles. The van der Waals surface area contributed by atoms with Crippen molar-refractivity contribution >= 4 is 15.9 Å². The first-order valence-electron chi connectivity index (χ1n) is 9.14. The van der Waals surface area contributed by atoms with Crippen molar-refractivity contribution in [1.82, 2.24) is 14.4 Å². The molecule has 0 unspecified atom stereocenters. The number of hydrogen-bond acceptors (Lipinski definition) is 6. The van der Waals surface area contributed by atoms with Crippen LogP contribution in [0.15, 0.2) is 39.8 Å². The first kappa shape index (κ1) is 19.1. The minimum Gasteiger partial charge on any atom is -0.371 e. The van der Waals surface area contributed by atoms with Crippen LogP contribution >= 0.6 is 0 Å². The summed E-state index contributed by atoms with van der Waals surface area (Å²) in [5.41, 5.74) is 1.34. The zero-order chi connectivity index (χ0) is 20.1. The molecule has 1 aromatic carbocycles. The highest BCUT2D eigenvalue weighted by molar-refractivity contribution is 7.89. The number of hydrogen-bond donors (Lipinski definition) is 0. The van der Waals surface area contributed by atoms with Crippen LogP contribution in [0.1, 0.15) is 17.0 Å². The molecule has 0 aliphatic carbocycles. The lowest BCUT2D eigenvalue weighted by molar-refractivity contribution is -0.138. The molecule has 2 aromatic rings. The first-order valence-corrected chi connectivity index (χ1v) is 10.6. The predicted octanol–water partition coefficient (Wildman–Crippen LogP) is 1.34. The zero-order valence-corrected chi connectivity index (χ0v) is 16.8. The van der Waals surface area contributed by atoms with E-state index in [1.54, 1.807) is 18.7 Å². The predicted molar refractivity (Wildman–Crippen MR) is 99.8 cm³/mol. The van der Waals surface area contributed by atoms with Crippen LogP contribution in [0.2, 0.25) is 0 Å². The summed E-state index contributed by atoms with van der Waals surface area (Å²) in [6.45, 7) is 4.10. The summed E-state index contributed by atoms with van der Waals surface area (Å²) in [6.07, 6.45) is -0.640. The molecule has 0 N–H and O–H groups in total. The lowest BCUT2D eigenvalue weighted by atomic mass is 10.0. The van der Waals surface area contributed by atoms with Crippen LogP contribution in [0.25, 0.3) is 0 Å². The van der Waals surface area contributed by atoms with Crippen molar-refractivity contribution in [1.29, 1.82) is 0 Å². The summed E-state index contributed by atoms with van der Waals surface area (Å²) in [6, 6.07) is 9.44. The number of amides is 1. The van der Waals surface area contributed by atoms with Crippen LogP contribution < -0.4 is 0 Å². The summed E-state index contributed by atoms with van der Waals surface area (Å²) in [5, 5.41) is 3.77. The largest absolute Gasteiger partial charge is 0.371 e. The van der Waals surface area contributed by atoms with Crippen molar-refractivity contribution < 1.29 is 22.5 Å². The smallest absolute Gasteiger partial charge is 0.252 e. The molecule has 1 aromatic heterocycles. The van der Waals surface area contributed by atoms with Crippen molar-refractivity contribution in [3.63, 3.8) is 0 Å². The number of likely N-dealkylation sites (tertiary alicyclic amines) is 1. The average Bonchev–Trinajstić information content (AvgIpc) is 3.31. The fourth-order valence-corrected chi connectivity index (χ4v) is 6.12. The number of methoxy groups -OCH3 is 1. The van der Waals surface area contributed by atoms with Crippen LogP contribution in [0.4, 0.5) is 0 Å². The maximum atomic E-state index is 13.2. The van der Waals surface area contributed by atoms with Gasteiger partial charge in [-0.25, -0.2) is 8.42 Å². The molecule has 28 heavy (non-hydrogen) atoms. The maximum Gasteiger partial charge on any atom is 0.252 e. The van der Waals surface area contributed by atoms with Crippen LogP contribution in [0.3, 0.4) is 0 Å². The lowest BCUT2D eigenvalue weighted by Gasteiger charge is -2.25. The number of nitrogens with zero attached hydrogens (tertiary/aromatic N) is 3. The average molecular weight is 405 g/mol. The van der Waals surface area contributed by atoms with Crippen LogP contribution in [0, 0.1) is 19.8 Å². The third kappa shape index (κ3) is 2.94. The Morgan fingerprint density at radius 2 is 1.93 bits per heavy atom.